The molecule has 0 aliphatic carbocycles. The van der Waals surface area contributed by atoms with Crippen LogP contribution >= 0.6 is 69.6 Å². The molecule has 0 amide bonds. The number of carbonyl (C=O) groups excluding carboxylic acids is 2. The summed E-state index contributed by atoms with van der Waals surface area (Å²) in [5.41, 5.74) is 0. The molecular weight excluding hydrogens is 469 g/mol. The van der Waals surface area contributed by atoms with Gasteiger partial charge in [0.25, 0.3) is 0 Å². The Balaban J connectivity index is -0.000000180. The predicted octanol–water partition coefficient (Wildman–Crippen LogP) is 0.213. The molecule has 0 rings (SSSR count). The monoisotopic (exact) mass is 464 g/mol. The maximum Gasteiger partial charge on any atom is 2.00 e. The van der Waals surface area contributed by atoms with Gasteiger partial charge in [-0.3, -0.25) is 0 Å². The maximum absolute atomic E-state index is 9.51. The van der Waals surface area contributed by atoms with Gasteiger partial charge in [-0.05, 0) is 0 Å². The van der Waals surface area contributed by atoms with Crippen molar-refractivity contribution < 1.29 is 60.6 Å². The Morgan fingerprint density at radius 2 is 0.800 bits per heavy atom. The fourth-order valence-corrected chi connectivity index (χ4v) is 0. The zero-order valence-electron chi connectivity index (χ0n) is 6.40. The van der Waals surface area contributed by atoms with Gasteiger partial charge in [0.2, 0.25) is 7.59 Å². The van der Waals surface area contributed by atoms with Gasteiger partial charge in [-0.15, -0.1) is 0 Å². The van der Waals surface area contributed by atoms with Gasteiger partial charge in [0, 0.05) is 0 Å². The quantitative estimate of drug-likeness (QED) is 0.476. The molecule has 4 nitrogen and oxygen atoms in total. The minimum absolute atomic E-state index is 0. The molecule has 0 saturated heterocycles. The second-order valence-corrected chi connectivity index (χ2v) is 6.13. The molecule has 0 spiro atoms. The van der Waals surface area contributed by atoms with E-state index in [2.05, 4.69) is 0 Å². The number of alkyl halides is 6. The van der Waals surface area contributed by atoms with Crippen LogP contribution < -0.4 is 10.2 Å². The number of carbonyl (C=O) groups is 2. The number of hydrogen-bond acceptors (Lipinski definition) is 4. The Labute approximate surface area is 148 Å². The van der Waals surface area contributed by atoms with E-state index in [0.717, 1.165) is 0 Å². The number of aliphatic carboxylic acids is 2. The SMILES string of the molecule is O=C([O-])C(Cl)(Cl)Cl.O=C([O-])C(Cl)(Cl)Cl.[Nd+2]. The van der Waals surface area contributed by atoms with Crippen molar-refractivity contribution in [3.8, 4) is 0 Å². The Bertz CT molecular complexity index is 196. The molecule has 0 unspecified atom stereocenters. The Morgan fingerprint density at radius 1 is 0.733 bits per heavy atom. The molecule has 0 aromatic carbocycles. The summed E-state index contributed by atoms with van der Waals surface area (Å²) >= 11 is 28.4. The van der Waals surface area contributed by atoms with Crippen LogP contribution in [0.15, 0.2) is 0 Å². The summed E-state index contributed by atoms with van der Waals surface area (Å²) in [5, 5.41) is 19.0. The standard InChI is InChI=1S/2C2HCl3O2.Nd/c2*3-2(4,5)1(6)7;/h2*(H,6,7);/q;;+2/p-2. The average molecular weight is 469 g/mol. The summed E-state index contributed by atoms with van der Waals surface area (Å²) in [7, 11) is 0. The van der Waals surface area contributed by atoms with Gasteiger partial charge in [-0.1, -0.05) is 69.6 Å². The first-order valence-electron chi connectivity index (χ1n) is 2.45. The molecule has 0 bridgehead atoms. The largest absolute Gasteiger partial charge is 2.00 e. The smallest absolute Gasteiger partial charge is 0.545 e. The molecule has 0 aromatic heterocycles. The van der Waals surface area contributed by atoms with Crippen LogP contribution in [-0.2, 0) is 9.59 Å². The molecule has 11 heteroatoms. The third-order valence-corrected chi connectivity index (χ3v) is 1.39. The van der Waals surface area contributed by atoms with Crippen molar-refractivity contribution in [1.29, 1.82) is 0 Å². The summed E-state index contributed by atoms with van der Waals surface area (Å²) < 4.78 is -4.56. The predicted molar refractivity (Wildman–Crippen MR) is 50.6 cm³/mol. The van der Waals surface area contributed by atoms with E-state index in [1.807, 2.05) is 0 Å². The van der Waals surface area contributed by atoms with Crippen molar-refractivity contribution >= 4 is 81.5 Å². The topological polar surface area (TPSA) is 80.3 Å². The molecule has 15 heavy (non-hydrogen) atoms. The van der Waals surface area contributed by atoms with E-state index in [4.69, 9.17) is 69.6 Å². The van der Waals surface area contributed by atoms with Crippen molar-refractivity contribution in [1.82, 2.24) is 0 Å². The van der Waals surface area contributed by atoms with E-state index in [1.54, 1.807) is 0 Å². The Kier molecular flexibility index (Phi) is 13.4. The van der Waals surface area contributed by atoms with Crippen LogP contribution in [0.4, 0.5) is 0 Å². The first-order valence-corrected chi connectivity index (χ1v) is 4.72. The summed E-state index contributed by atoms with van der Waals surface area (Å²) in [6.07, 6.45) is 0. The van der Waals surface area contributed by atoms with Gasteiger partial charge in [-0.25, -0.2) is 0 Å². The maximum atomic E-state index is 9.51. The number of carboxylic acids is 2. The minimum atomic E-state index is -2.28. The zero-order chi connectivity index (χ0) is 12.2. The van der Waals surface area contributed by atoms with E-state index in [0.29, 0.717) is 0 Å². The number of hydrogen-bond donors (Lipinski definition) is 0. The fraction of sp³-hybridized carbons (Fsp3) is 0.500. The van der Waals surface area contributed by atoms with Gasteiger partial charge >= 0.3 is 40.8 Å². The minimum Gasteiger partial charge on any atom is -0.545 e. The molecule has 0 fully saturated rings. The van der Waals surface area contributed by atoms with Gasteiger partial charge in [0.15, 0.2) is 0 Å². The molecular formula is C4Cl6NdO4. The van der Waals surface area contributed by atoms with Crippen molar-refractivity contribution in [2.45, 2.75) is 7.59 Å². The second-order valence-electron chi connectivity index (χ2n) is 1.57. The molecule has 0 saturated carbocycles. The first-order chi connectivity index (χ1) is 5.89. The van der Waals surface area contributed by atoms with Gasteiger partial charge in [-0.2, -0.15) is 0 Å². The van der Waals surface area contributed by atoms with E-state index < -0.39 is 19.5 Å². The van der Waals surface area contributed by atoms with Crippen LogP contribution in [0.1, 0.15) is 0 Å². The molecule has 0 N–H and O–H groups in total. The number of rotatable bonds is 0. The normalized spacial score (nSPS) is 10.5. The van der Waals surface area contributed by atoms with Crippen LogP contribution in [0.5, 0.6) is 0 Å². The van der Waals surface area contributed by atoms with Crippen molar-refractivity contribution in [3.05, 3.63) is 0 Å². The van der Waals surface area contributed by atoms with Gasteiger partial charge in [0.1, 0.15) is 0 Å². The van der Waals surface area contributed by atoms with Crippen molar-refractivity contribution in [2.24, 2.45) is 0 Å². The van der Waals surface area contributed by atoms with Crippen LogP contribution in [0.2, 0.25) is 0 Å². The van der Waals surface area contributed by atoms with Crippen LogP contribution in [0, 0.1) is 40.8 Å². The molecule has 0 atom stereocenters. The van der Waals surface area contributed by atoms with Crippen molar-refractivity contribution in [2.75, 3.05) is 0 Å². The first kappa shape index (κ1) is 22.2. The van der Waals surface area contributed by atoms with Crippen LogP contribution in [-0.4, -0.2) is 19.5 Å². The van der Waals surface area contributed by atoms with Crippen LogP contribution in [0.3, 0.4) is 0 Å². The number of carboxylic acid groups (broad SMARTS) is 2. The summed E-state index contributed by atoms with van der Waals surface area (Å²) in [6.45, 7) is 0. The molecule has 0 heterocycles. The molecule has 0 radical (unpaired) electrons. The fourth-order valence-electron chi connectivity index (χ4n) is 0. The van der Waals surface area contributed by atoms with E-state index in [9.17, 15) is 19.8 Å². The van der Waals surface area contributed by atoms with Crippen LogP contribution in [0.25, 0.3) is 0 Å². The summed E-state index contributed by atoms with van der Waals surface area (Å²) in [4.78, 5) is 19.0. The Morgan fingerprint density at radius 3 is 0.800 bits per heavy atom. The van der Waals surface area contributed by atoms with E-state index in [1.165, 1.54) is 0 Å². The second kappa shape index (κ2) is 9.03. The molecule has 0 aliphatic heterocycles. The van der Waals surface area contributed by atoms with E-state index >= 15 is 0 Å². The number of halogens is 6. The van der Waals surface area contributed by atoms with Gasteiger partial charge in [0.05, 0.1) is 11.9 Å². The molecule has 0 aliphatic rings. The van der Waals surface area contributed by atoms with Gasteiger partial charge < -0.3 is 19.8 Å². The summed E-state index contributed by atoms with van der Waals surface area (Å²) in [6, 6.07) is 0. The third-order valence-electron chi connectivity index (χ3n) is 0.463. The van der Waals surface area contributed by atoms with E-state index in [-0.39, 0.29) is 40.8 Å². The zero-order valence-corrected chi connectivity index (χ0v) is 14.1. The molecule has 86 valence electrons. The third kappa shape index (κ3) is 16.0. The Hall–Kier alpha value is 2.03. The van der Waals surface area contributed by atoms with Crippen molar-refractivity contribution in [3.63, 3.8) is 0 Å². The molecule has 0 aromatic rings. The average Bonchev–Trinajstić information content (AvgIpc) is 1.83. The summed E-state index contributed by atoms with van der Waals surface area (Å²) in [5.74, 6) is -3.42.